The van der Waals surface area contributed by atoms with Crippen molar-refractivity contribution in [2.24, 2.45) is 7.05 Å². The van der Waals surface area contributed by atoms with Crippen LogP contribution >= 0.6 is 0 Å². The molecule has 0 aliphatic rings. The highest BCUT2D eigenvalue weighted by molar-refractivity contribution is 5.72. The molecule has 29 heavy (non-hydrogen) atoms. The van der Waals surface area contributed by atoms with E-state index in [9.17, 15) is 0 Å². The van der Waals surface area contributed by atoms with E-state index in [2.05, 4.69) is 20.3 Å². The fourth-order valence-electron chi connectivity index (χ4n) is 3.10. The summed E-state index contributed by atoms with van der Waals surface area (Å²) in [6.07, 6.45) is 1.64. The highest BCUT2D eigenvalue weighted by atomic mass is 16.5. The van der Waals surface area contributed by atoms with Gasteiger partial charge in [0.15, 0.2) is 23.9 Å². The summed E-state index contributed by atoms with van der Waals surface area (Å²) in [6.45, 7) is 0.210. The number of ether oxygens (including phenoxy) is 1. The average Bonchev–Trinajstić information content (AvgIpc) is 3.38. The smallest absolute Gasteiger partial charge is 0.240 e. The quantitative estimate of drug-likeness (QED) is 0.464. The van der Waals surface area contributed by atoms with Gasteiger partial charge in [0.05, 0.1) is 0 Å². The predicted molar refractivity (Wildman–Crippen MR) is 107 cm³/mol. The highest BCUT2D eigenvalue weighted by Crippen LogP contribution is 2.30. The Kier molecular flexibility index (Phi) is 4.21. The largest absolute Gasteiger partial charge is 0.468 e. The second kappa shape index (κ2) is 7.16. The molecule has 0 radical (unpaired) electrons. The van der Waals surface area contributed by atoms with Crippen LogP contribution in [0.5, 0.6) is 5.88 Å². The maximum atomic E-state index is 6.03. The summed E-state index contributed by atoms with van der Waals surface area (Å²) >= 11 is 0. The van der Waals surface area contributed by atoms with Crippen LogP contribution in [0.4, 0.5) is 0 Å². The molecule has 3 heterocycles. The molecule has 0 aliphatic carbocycles. The van der Waals surface area contributed by atoms with E-state index < -0.39 is 0 Å². The van der Waals surface area contributed by atoms with Crippen molar-refractivity contribution in [2.75, 3.05) is 0 Å². The first-order valence-electron chi connectivity index (χ1n) is 9.12. The molecule has 8 nitrogen and oxygen atoms in total. The summed E-state index contributed by atoms with van der Waals surface area (Å²) in [6, 6.07) is 21.7. The number of aryl methyl sites for hydroxylation is 1. The van der Waals surface area contributed by atoms with E-state index in [-0.39, 0.29) is 6.61 Å². The van der Waals surface area contributed by atoms with Crippen LogP contribution in [0.2, 0.25) is 0 Å². The van der Waals surface area contributed by atoms with E-state index in [0.29, 0.717) is 23.2 Å². The van der Waals surface area contributed by atoms with Crippen molar-refractivity contribution >= 4 is 5.65 Å². The van der Waals surface area contributed by atoms with Gasteiger partial charge in [-0.25, -0.2) is 4.98 Å². The zero-order valence-electron chi connectivity index (χ0n) is 15.7. The van der Waals surface area contributed by atoms with Gasteiger partial charge < -0.3 is 4.74 Å². The van der Waals surface area contributed by atoms with Crippen LogP contribution in [0.1, 0.15) is 5.82 Å². The predicted octanol–water partition coefficient (Wildman–Crippen LogP) is 3.17. The molecule has 5 rings (SSSR count). The molecule has 0 N–H and O–H groups in total. The lowest BCUT2D eigenvalue weighted by Gasteiger charge is -2.10. The summed E-state index contributed by atoms with van der Waals surface area (Å²) in [5.41, 5.74) is 3.39. The number of hydrogen-bond acceptors (Lipinski definition) is 6. The molecule has 5 aromatic rings. The van der Waals surface area contributed by atoms with Crippen molar-refractivity contribution < 1.29 is 4.74 Å². The second-order valence-electron chi connectivity index (χ2n) is 6.51. The van der Waals surface area contributed by atoms with Crippen molar-refractivity contribution in [1.29, 1.82) is 0 Å². The van der Waals surface area contributed by atoms with Crippen LogP contribution < -0.4 is 4.74 Å². The molecule has 0 bridgehead atoms. The van der Waals surface area contributed by atoms with E-state index in [4.69, 9.17) is 9.84 Å². The van der Waals surface area contributed by atoms with E-state index in [1.54, 1.807) is 15.5 Å². The third-order valence-corrected chi connectivity index (χ3v) is 4.46. The third-order valence-electron chi connectivity index (χ3n) is 4.46. The molecule has 142 valence electrons. The molecule has 0 atom stereocenters. The normalized spacial score (nSPS) is 11.1. The van der Waals surface area contributed by atoms with Gasteiger partial charge in [-0.15, -0.1) is 15.3 Å². The van der Waals surface area contributed by atoms with Gasteiger partial charge in [-0.1, -0.05) is 60.7 Å². The van der Waals surface area contributed by atoms with Gasteiger partial charge in [0.1, 0.15) is 6.33 Å². The van der Waals surface area contributed by atoms with E-state index in [1.807, 2.05) is 73.8 Å². The zero-order valence-corrected chi connectivity index (χ0v) is 15.7. The maximum Gasteiger partial charge on any atom is 0.240 e. The second-order valence-corrected chi connectivity index (χ2v) is 6.51. The maximum absolute atomic E-state index is 6.03. The first kappa shape index (κ1) is 17.1. The fourth-order valence-corrected chi connectivity index (χ4v) is 3.10. The Labute approximate surface area is 166 Å². The van der Waals surface area contributed by atoms with Crippen molar-refractivity contribution in [3.05, 3.63) is 78.9 Å². The summed E-state index contributed by atoms with van der Waals surface area (Å²) in [5.74, 6) is 1.70. The third kappa shape index (κ3) is 3.31. The minimum Gasteiger partial charge on any atom is -0.468 e. The van der Waals surface area contributed by atoms with Crippen LogP contribution in [-0.2, 0) is 13.7 Å². The van der Waals surface area contributed by atoms with Crippen molar-refractivity contribution in [2.45, 2.75) is 6.61 Å². The number of nitrogens with zero attached hydrogens (tertiary/aromatic N) is 7. The van der Waals surface area contributed by atoms with Crippen molar-refractivity contribution in [3.63, 3.8) is 0 Å². The Morgan fingerprint density at radius 2 is 1.59 bits per heavy atom. The molecule has 0 unspecified atom stereocenters. The van der Waals surface area contributed by atoms with Crippen molar-refractivity contribution in [3.8, 4) is 28.4 Å². The van der Waals surface area contributed by atoms with Gasteiger partial charge in [-0.2, -0.15) is 9.61 Å². The van der Waals surface area contributed by atoms with Gasteiger partial charge in [0, 0.05) is 18.2 Å². The lowest BCUT2D eigenvalue weighted by molar-refractivity contribution is 0.281. The van der Waals surface area contributed by atoms with Gasteiger partial charge in [-0.05, 0) is 11.6 Å². The minimum atomic E-state index is 0.210. The Morgan fingerprint density at radius 1 is 0.862 bits per heavy atom. The molecular weight excluding hydrogens is 366 g/mol. The molecule has 2 aromatic carbocycles. The first-order chi connectivity index (χ1) is 14.3. The number of aromatic nitrogens is 7. The van der Waals surface area contributed by atoms with E-state index in [1.165, 1.54) is 0 Å². The number of fused-ring (bicyclic) bond motifs is 1. The summed E-state index contributed by atoms with van der Waals surface area (Å²) in [4.78, 5) is 4.22. The Morgan fingerprint density at radius 3 is 2.28 bits per heavy atom. The molecule has 0 saturated heterocycles. The molecule has 0 fully saturated rings. The molecule has 0 aliphatic heterocycles. The monoisotopic (exact) mass is 383 g/mol. The van der Waals surface area contributed by atoms with Gasteiger partial charge in [0.2, 0.25) is 5.88 Å². The van der Waals surface area contributed by atoms with Crippen LogP contribution in [0.15, 0.2) is 73.1 Å². The van der Waals surface area contributed by atoms with Gasteiger partial charge in [0.25, 0.3) is 0 Å². The molecule has 0 saturated carbocycles. The summed E-state index contributed by atoms with van der Waals surface area (Å²) in [5, 5.41) is 17.6. The SMILES string of the molecule is Cn1cnc(COc2nn3c(-c4ccccc4)nnc3cc2-c2ccccc2)n1. The summed E-state index contributed by atoms with van der Waals surface area (Å²) < 4.78 is 9.37. The first-order valence-corrected chi connectivity index (χ1v) is 9.12. The highest BCUT2D eigenvalue weighted by Gasteiger charge is 2.16. The van der Waals surface area contributed by atoms with Gasteiger partial charge >= 0.3 is 0 Å². The molecule has 8 heteroatoms. The average molecular weight is 383 g/mol. The fraction of sp³-hybridized carbons (Fsp3) is 0.0952. The zero-order chi connectivity index (χ0) is 19.6. The number of benzene rings is 2. The van der Waals surface area contributed by atoms with Gasteiger partial charge in [-0.3, -0.25) is 4.68 Å². The van der Waals surface area contributed by atoms with Crippen LogP contribution in [-0.4, -0.2) is 34.6 Å². The van der Waals surface area contributed by atoms with E-state index >= 15 is 0 Å². The Bertz CT molecular complexity index is 1260. The van der Waals surface area contributed by atoms with Crippen LogP contribution in [0, 0.1) is 0 Å². The molecular formula is C21H17N7O. The Hall–Kier alpha value is -4.07. The molecule has 0 spiro atoms. The molecule has 0 amide bonds. The van der Waals surface area contributed by atoms with E-state index in [0.717, 1.165) is 16.7 Å². The van der Waals surface area contributed by atoms with Crippen LogP contribution in [0.25, 0.3) is 28.2 Å². The summed E-state index contributed by atoms with van der Waals surface area (Å²) in [7, 11) is 1.82. The standard InChI is InChI=1S/C21H17N7O/c1-27-14-22-18(25-27)13-29-21-17(15-8-4-2-5-9-15)12-19-23-24-20(28(19)26-21)16-10-6-3-7-11-16/h2-12,14H,13H2,1H3. The van der Waals surface area contributed by atoms with Crippen LogP contribution in [0.3, 0.4) is 0 Å². The molecule has 3 aromatic heterocycles. The minimum absolute atomic E-state index is 0.210. The number of hydrogen-bond donors (Lipinski definition) is 0. The number of rotatable bonds is 5. The lowest BCUT2D eigenvalue weighted by atomic mass is 10.1. The topological polar surface area (TPSA) is 83.0 Å². The Balaban J connectivity index is 1.62. The lowest BCUT2D eigenvalue weighted by Crippen LogP contribution is -2.05. The van der Waals surface area contributed by atoms with Crippen molar-refractivity contribution in [1.82, 2.24) is 34.6 Å².